The molecule has 21 saturated heterocycles. The fraction of sp³-hybridized carbons (Fsp3) is 1.00. The molecule has 21 N–H and O–H groups in total. The molecule has 0 aromatic rings. The number of nitrogens with one attached hydrogen (secondary N) is 1. The van der Waals surface area contributed by atoms with Gasteiger partial charge in [0.05, 0.1) is 39.6 Å². The molecule has 21 fully saturated rings. The lowest BCUT2D eigenvalue weighted by molar-refractivity contribution is -0.396. The summed E-state index contributed by atoms with van der Waals surface area (Å²) < 4.78 is 80.9. The molecule has 35 atom stereocenters. The summed E-state index contributed by atoms with van der Waals surface area (Å²) in [5.41, 5.74) is 0. The van der Waals surface area contributed by atoms with Crippen molar-refractivity contribution in [3.05, 3.63) is 0 Å². The molecule has 21 aliphatic heterocycles. The molecule has 0 aromatic heterocycles. The summed E-state index contributed by atoms with van der Waals surface area (Å²) in [6.07, 6.45) is -68.1. The molecule has 14 bridgehead atoms. The number of hydrogen-bond donors (Lipinski definition) is 21. The van der Waals surface area contributed by atoms with Gasteiger partial charge in [0.25, 0.3) is 0 Å². The first-order valence-corrected chi connectivity index (χ1v) is 26.2. The van der Waals surface area contributed by atoms with E-state index in [2.05, 4.69) is 5.32 Å². The maximum atomic E-state index is 11.6. The number of ether oxygens (including phenoxy) is 14. The van der Waals surface area contributed by atoms with Gasteiger partial charge in [-0.05, 0) is 13.0 Å². The summed E-state index contributed by atoms with van der Waals surface area (Å²) in [6.45, 7) is -4.17. The molecule has 21 aliphatic rings. The van der Waals surface area contributed by atoms with Gasteiger partial charge in [-0.3, -0.25) is 0 Å². The van der Waals surface area contributed by atoms with Crippen molar-refractivity contribution in [1.29, 1.82) is 0 Å². The number of rotatable bonds is 10. The summed E-state index contributed by atoms with van der Waals surface area (Å²) in [5.74, 6) is 0. The molecule has 0 aliphatic carbocycles. The van der Waals surface area contributed by atoms with Crippen LogP contribution in [0, 0.1) is 0 Å². The van der Waals surface area contributed by atoms with Crippen LogP contribution in [-0.4, -0.2) is 370 Å². The van der Waals surface area contributed by atoms with E-state index < -0.39 is 255 Å². The molecule has 21 heterocycles. The van der Waals surface area contributed by atoms with E-state index in [0.29, 0.717) is 13.0 Å². The zero-order chi connectivity index (χ0) is 58.2. The van der Waals surface area contributed by atoms with Crippen molar-refractivity contribution in [3.8, 4) is 0 Å². The van der Waals surface area contributed by atoms with E-state index in [1.54, 1.807) is 0 Å². The largest absolute Gasteiger partial charge is 0.394 e. The first-order chi connectivity index (χ1) is 38.2. The van der Waals surface area contributed by atoms with Crippen LogP contribution >= 0.6 is 0 Å². The number of aliphatic hydroxyl groups excluding tert-OH is 20. The Kier molecular flexibility index (Phi) is 22.6. The van der Waals surface area contributed by atoms with Gasteiger partial charge < -0.3 is 174 Å². The molecular formula is C45H77NO34. The lowest BCUT2D eigenvalue weighted by Gasteiger charge is -2.50. The van der Waals surface area contributed by atoms with Crippen LogP contribution in [0.5, 0.6) is 0 Å². The fourth-order valence-electron chi connectivity index (χ4n) is 10.9. The Labute approximate surface area is 454 Å². The van der Waals surface area contributed by atoms with E-state index in [9.17, 15) is 102 Å². The zero-order valence-electron chi connectivity index (χ0n) is 42.7. The second-order valence-corrected chi connectivity index (χ2v) is 20.7. The highest BCUT2D eigenvalue weighted by atomic mass is 16.8. The minimum Gasteiger partial charge on any atom is -0.394 e. The van der Waals surface area contributed by atoms with Crippen LogP contribution < -0.4 is 5.32 Å². The molecule has 35 nitrogen and oxygen atoms in total. The molecule has 0 radical (unpaired) electrons. The molecule has 21 rings (SSSR count). The van der Waals surface area contributed by atoms with Crippen molar-refractivity contribution in [1.82, 2.24) is 5.32 Å². The van der Waals surface area contributed by atoms with Gasteiger partial charge in [0.1, 0.15) is 171 Å². The van der Waals surface area contributed by atoms with Crippen LogP contribution in [0.1, 0.15) is 13.3 Å². The third-order valence-corrected chi connectivity index (χ3v) is 15.4. The summed E-state index contributed by atoms with van der Waals surface area (Å²) in [5, 5.41) is 225. The van der Waals surface area contributed by atoms with Crippen molar-refractivity contribution in [2.75, 3.05) is 52.7 Å². The van der Waals surface area contributed by atoms with Gasteiger partial charge in [-0.1, -0.05) is 6.92 Å². The van der Waals surface area contributed by atoms with Crippen LogP contribution in [0.4, 0.5) is 0 Å². The van der Waals surface area contributed by atoms with E-state index >= 15 is 0 Å². The van der Waals surface area contributed by atoms with Crippen molar-refractivity contribution >= 4 is 0 Å². The van der Waals surface area contributed by atoms with Gasteiger partial charge >= 0.3 is 0 Å². The molecule has 80 heavy (non-hydrogen) atoms. The van der Waals surface area contributed by atoms with E-state index in [0.717, 1.165) is 0 Å². The third-order valence-electron chi connectivity index (χ3n) is 15.4. The monoisotopic (exact) mass is 1180 g/mol. The van der Waals surface area contributed by atoms with Crippen molar-refractivity contribution in [3.63, 3.8) is 0 Å². The van der Waals surface area contributed by atoms with Crippen LogP contribution in [0.3, 0.4) is 0 Å². The lowest BCUT2D eigenvalue weighted by atomic mass is 9.95. The summed E-state index contributed by atoms with van der Waals surface area (Å²) in [4.78, 5) is 0. The quantitative estimate of drug-likeness (QED) is 0.0903. The summed E-state index contributed by atoms with van der Waals surface area (Å²) in [6, 6.07) is 0. The van der Waals surface area contributed by atoms with Crippen LogP contribution in [-0.2, 0) is 66.3 Å². The maximum Gasteiger partial charge on any atom is 0.187 e. The number of aliphatic hydroxyl groups is 20. The Morgan fingerprint density at radius 2 is 0.400 bits per heavy atom. The summed E-state index contributed by atoms with van der Waals surface area (Å²) >= 11 is 0. The molecule has 466 valence electrons. The Hall–Kier alpha value is -1.40. The normalized spacial score (nSPS) is 53.7. The molecular weight excluding hydrogens is 1100 g/mol. The molecule has 0 aromatic carbocycles. The van der Waals surface area contributed by atoms with Gasteiger partial charge in [-0.2, -0.15) is 0 Å². The second kappa shape index (κ2) is 28.0. The minimum atomic E-state index is -2.20. The van der Waals surface area contributed by atoms with Gasteiger partial charge in [-0.25, -0.2) is 0 Å². The van der Waals surface area contributed by atoms with Crippen LogP contribution in [0.15, 0.2) is 0 Å². The second-order valence-electron chi connectivity index (χ2n) is 20.7. The fourth-order valence-corrected chi connectivity index (χ4v) is 10.9. The average Bonchev–Trinajstić information content (AvgIpc) is 3.45. The predicted octanol–water partition coefficient (Wildman–Crippen LogP) is -14.2. The molecule has 0 saturated carbocycles. The first kappa shape index (κ1) is 64.6. The zero-order valence-corrected chi connectivity index (χ0v) is 42.7. The minimum absolute atomic E-state index is 0.192. The molecule has 0 spiro atoms. The van der Waals surface area contributed by atoms with Gasteiger partial charge in [0.2, 0.25) is 0 Å². The number of hydrogen-bond acceptors (Lipinski definition) is 35. The Morgan fingerprint density at radius 1 is 0.237 bits per heavy atom. The lowest BCUT2D eigenvalue weighted by Crippen LogP contribution is -2.68. The van der Waals surface area contributed by atoms with Crippen molar-refractivity contribution in [2.45, 2.75) is 228 Å². The average molecular weight is 1180 g/mol. The highest BCUT2D eigenvalue weighted by molar-refractivity contribution is 5.02. The van der Waals surface area contributed by atoms with E-state index in [1.165, 1.54) is 0 Å². The smallest absolute Gasteiger partial charge is 0.187 e. The highest BCUT2D eigenvalue weighted by Gasteiger charge is 2.59. The van der Waals surface area contributed by atoms with Gasteiger partial charge in [0.15, 0.2) is 44.0 Å². The highest BCUT2D eigenvalue weighted by Crippen LogP contribution is 2.39. The third kappa shape index (κ3) is 13.0. The van der Waals surface area contributed by atoms with Gasteiger partial charge in [-0.15, -0.1) is 0 Å². The standard InChI is InChI=1S/C45H77NO34/c1-2-3-46-4-11-32-18(53)25(60)39(67-11)75-33-12(5-47)69-41(27(62)20(33)55)77-35-14(7-49)71-43(29(64)22(35)57)79-37-16(9-51)73-45(31(66)24(37)59)80-38-17(10-52)72-44(30(65)23(38)58)78-36-15(8-50)70-42(28(63)21(36)56)76-34-13(6-48)68-40(74-32)26(61)19(34)54/h11-66H,2-10H2,1H3. The van der Waals surface area contributed by atoms with Crippen molar-refractivity contribution in [2.24, 2.45) is 0 Å². The van der Waals surface area contributed by atoms with E-state index in [-0.39, 0.29) is 6.54 Å². The molecule has 0 amide bonds. The molecule has 35 unspecified atom stereocenters. The van der Waals surface area contributed by atoms with Gasteiger partial charge in [0, 0.05) is 6.54 Å². The first-order valence-electron chi connectivity index (χ1n) is 26.2. The Bertz CT molecular complexity index is 1880. The summed E-state index contributed by atoms with van der Waals surface area (Å²) in [7, 11) is 0. The topological polar surface area (TPSA) is 546 Å². The van der Waals surface area contributed by atoms with E-state index in [4.69, 9.17) is 66.3 Å². The Morgan fingerprint density at radius 3 is 0.562 bits per heavy atom. The van der Waals surface area contributed by atoms with Crippen LogP contribution in [0.25, 0.3) is 0 Å². The Balaban J connectivity index is 1.09. The van der Waals surface area contributed by atoms with E-state index in [1.807, 2.05) is 6.92 Å². The predicted molar refractivity (Wildman–Crippen MR) is 245 cm³/mol. The maximum absolute atomic E-state index is 11.6. The van der Waals surface area contributed by atoms with Crippen LogP contribution in [0.2, 0.25) is 0 Å². The molecule has 35 heteroatoms. The SMILES string of the molecule is CCCNCC1OC2OC3C(CO)OC(OC4C(CO)OC(OC5C(CO)OC(OC6C(CO)OC(OC7C(CO)OC(OC8C(CO)OC(OC1C(O)C2O)C(O)C8O)C(O)C7O)C(O)C6O)C(O)C5O)C(O)C4O)C(O)C3O. The van der Waals surface area contributed by atoms with Crippen molar-refractivity contribution < 1.29 is 168 Å².